The SMILES string of the molecule is CC(C)(C)OC(=O)N(CC(Cc1ccccc1)NC(=S)NNC(=O)c1nccc2ccccc12)C1CC1. The number of amides is 2. The number of pyridine rings is 1. The average Bonchev–Trinajstić information content (AvgIpc) is 3.70. The third-order valence-corrected chi connectivity index (χ3v) is 6.09. The summed E-state index contributed by atoms with van der Waals surface area (Å²) in [6.45, 7) is 6.00. The highest BCUT2D eigenvalue weighted by Crippen LogP contribution is 2.29. The van der Waals surface area contributed by atoms with Crippen LogP contribution in [-0.4, -0.2) is 51.2 Å². The second-order valence-electron chi connectivity index (χ2n) is 10.2. The lowest BCUT2D eigenvalue weighted by atomic mass is 10.1. The van der Waals surface area contributed by atoms with Crippen molar-refractivity contribution in [2.24, 2.45) is 0 Å². The van der Waals surface area contributed by atoms with Crippen LogP contribution in [0.3, 0.4) is 0 Å². The molecule has 1 aliphatic carbocycles. The van der Waals surface area contributed by atoms with Gasteiger partial charge in [0, 0.05) is 24.2 Å². The zero-order chi connectivity index (χ0) is 26.4. The first-order chi connectivity index (χ1) is 17.7. The quantitative estimate of drug-likeness (QED) is 0.315. The summed E-state index contributed by atoms with van der Waals surface area (Å²) in [5, 5.41) is 5.20. The van der Waals surface area contributed by atoms with E-state index in [9.17, 15) is 9.59 Å². The number of nitrogens with one attached hydrogen (secondary N) is 3. The lowest BCUT2D eigenvalue weighted by molar-refractivity contribution is 0.0218. The van der Waals surface area contributed by atoms with E-state index < -0.39 is 11.5 Å². The molecule has 1 atom stereocenters. The van der Waals surface area contributed by atoms with Crippen molar-refractivity contribution in [1.82, 2.24) is 26.1 Å². The normalized spacial score (nSPS) is 13.9. The molecule has 0 saturated heterocycles. The molecule has 0 spiro atoms. The van der Waals surface area contributed by atoms with Gasteiger partial charge in [-0.3, -0.25) is 20.6 Å². The van der Waals surface area contributed by atoms with Crippen LogP contribution in [0.1, 0.15) is 49.7 Å². The monoisotopic (exact) mass is 519 g/mol. The maximum absolute atomic E-state index is 13.0. The summed E-state index contributed by atoms with van der Waals surface area (Å²) in [4.78, 5) is 31.8. The number of carbonyl (C=O) groups excluding carboxylic acids is 2. The summed E-state index contributed by atoms with van der Waals surface area (Å²) in [7, 11) is 0. The fourth-order valence-corrected chi connectivity index (χ4v) is 4.29. The van der Waals surface area contributed by atoms with Gasteiger partial charge in [0.1, 0.15) is 11.3 Å². The van der Waals surface area contributed by atoms with Gasteiger partial charge in [-0.2, -0.15) is 0 Å². The summed E-state index contributed by atoms with van der Waals surface area (Å²) in [6, 6.07) is 19.4. The highest BCUT2D eigenvalue weighted by molar-refractivity contribution is 7.80. The fraction of sp³-hybridized carbons (Fsp3) is 0.357. The number of thiocarbonyl (C=S) groups is 1. The van der Waals surface area contributed by atoms with Crippen molar-refractivity contribution in [2.45, 2.75) is 57.7 Å². The smallest absolute Gasteiger partial charge is 0.410 e. The first-order valence-corrected chi connectivity index (χ1v) is 12.8. The van der Waals surface area contributed by atoms with Gasteiger partial charge in [-0.05, 0) is 69.3 Å². The van der Waals surface area contributed by atoms with Crippen LogP contribution in [0.4, 0.5) is 4.79 Å². The van der Waals surface area contributed by atoms with Gasteiger partial charge in [-0.15, -0.1) is 0 Å². The van der Waals surface area contributed by atoms with Crippen molar-refractivity contribution in [1.29, 1.82) is 0 Å². The minimum absolute atomic E-state index is 0.161. The predicted molar refractivity (Wildman–Crippen MR) is 148 cm³/mol. The standard InChI is InChI=1S/C28H33N5O3S/c1-28(2,3)36-27(35)33(22-13-14-22)18-21(17-19-9-5-4-6-10-19)30-26(37)32-31-25(34)24-23-12-8-7-11-20(23)15-16-29-24/h4-12,15-16,21-22H,13-14,17-18H2,1-3H3,(H,31,34)(H2,30,32,37). The molecule has 0 bridgehead atoms. The molecule has 1 unspecified atom stereocenters. The number of hydrogen-bond acceptors (Lipinski definition) is 5. The van der Waals surface area contributed by atoms with Crippen LogP contribution in [-0.2, 0) is 11.2 Å². The van der Waals surface area contributed by atoms with Crippen molar-refractivity contribution in [3.63, 3.8) is 0 Å². The third kappa shape index (κ3) is 7.63. The highest BCUT2D eigenvalue weighted by atomic mass is 32.1. The van der Waals surface area contributed by atoms with Crippen LogP contribution in [0, 0.1) is 0 Å². The van der Waals surface area contributed by atoms with E-state index in [0.717, 1.165) is 29.2 Å². The lowest BCUT2D eigenvalue weighted by Gasteiger charge is -2.31. The van der Waals surface area contributed by atoms with Crippen LogP contribution >= 0.6 is 12.2 Å². The minimum atomic E-state index is -0.580. The van der Waals surface area contributed by atoms with Gasteiger partial charge >= 0.3 is 6.09 Å². The van der Waals surface area contributed by atoms with E-state index in [0.29, 0.717) is 18.7 Å². The van der Waals surface area contributed by atoms with Crippen molar-refractivity contribution in [3.8, 4) is 0 Å². The molecular weight excluding hydrogens is 486 g/mol. The maximum atomic E-state index is 13.0. The van der Waals surface area contributed by atoms with Crippen molar-refractivity contribution in [3.05, 3.63) is 78.1 Å². The summed E-state index contributed by atoms with van der Waals surface area (Å²) in [5.41, 5.74) is 6.26. The molecule has 1 aromatic heterocycles. The summed E-state index contributed by atoms with van der Waals surface area (Å²) >= 11 is 5.51. The molecule has 37 heavy (non-hydrogen) atoms. The number of ether oxygens (including phenoxy) is 1. The van der Waals surface area contributed by atoms with Gasteiger partial charge in [0.15, 0.2) is 5.11 Å². The Morgan fingerprint density at radius 1 is 1.05 bits per heavy atom. The predicted octanol–water partition coefficient (Wildman–Crippen LogP) is 4.35. The van der Waals surface area contributed by atoms with E-state index in [1.807, 2.05) is 81.4 Å². The van der Waals surface area contributed by atoms with E-state index in [1.165, 1.54) is 0 Å². The highest BCUT2D eigenvalue weighted by Gasteiger charge is 2.36. The van der Waals surface area contributed by atoms with Crippen LogP contribution in [0.15, 0.2) is 66.9 Å². The zero-order valence-electron chi connectivity index (χ0n) is 21.4. The fourth-order valence-electron chi connectivity index (χ4n) is 4.07. The first-order valence-electron chi connectivity index (χ1n) is 12.4. The molecule has 3 N–H and O–H groups in total. The van der Waals surface area contributed by atoms with Gasteiger partial charge in [-0.25, -0.2) is 4.79 Å². The second kappa shape index (κ2) is 11.6. The number of hydrogen-bond donors (Lipinski definition) is 3. The molecule has 3 aromatic rings. The molecule has 9 heteroatoms. The second-order valence-corrected chi connectivity index (χ2v) is 10.6. The van der Waals surface area contributed by atoms with Gasteiger partial charge < -0.3 is 15.0 Å². The maximum Gasteiger partial charge on any atom is 0.410 e. The molecule has 1 saturated carbocycles. The van der Waals surface area contributed by atoms with E-state index in [2.05, 4.69) is 21.2 Å². The summed E-state index contributed by atoms with van der Waals surface area (Å²) in [6.07, 6.45) is 3.81. The topological polar surface area (TPSA) is 95.6 Å². The Labute approximate surface area is 222 Å². The van der Waals surface area contributed by atoms with Gasteiger partial charge in [0.2, 0.25) is 0 Å². The molecule has 1 fully saturated rings. The Morgan fingerprint density at radius 3 is 2.46 bits per heavy atom. The van der Waals surface area contributed by atoms with Crippen LogP contribution < -0.4 is 16.2 Å². The molecule has 194 valence electrons. The Balaban J connectivity index is 1.42. The number of fused-ring (bicyclic) bond motifs is 1. The summed E-state index contributed by atoms with van der Waals surface area (Å²) < 4.78 is 5.67. The molecule has 2 aromatic carbocycles. The Hall–Kier alpha value is -3.72. The Bertz CT molecular complexity index is 1250. The minimum Gasteiger partial charge on any atom is -0.444 e. The molecule has 0 aliphatic heterocycles. The molecule has 8 nitrogen and oxygen atoms in total. The molecule has 4 rings (SSSR count). The van der Waals surface area contributed by atoms with E-state index >= 15 is 0 Å². The van der Waals surface area contributed by atoms with Crippen molar-refractivity contribution in [2.75, 3.05) is 6.54 Å². The van der Waals surface area contributed by atoms with Crippen LogP contribution in [0.2, 0.25) is 0 Å². The average molecular weight is 520 g/mol. The molecule has 1 aliphatic rings. The molecule has 0 radical (unpaired) electrons. The van der Waals surface area contributed by atoms with Gasteiger partial charge in [0.25, 0.3) is 5.91 Å². The number of aromatic nitrogens is 1. The molecule has 1 heterocycles. The molecule has 2 amide bonds. The van der Waals surface area contributed by atoms with E-state index in [4.69, 9.17) is 17.0 Å². The zero-order valence-corrected chi connectivity index (χ0v) is 22.2. The van der Waals surface area contributed by atoms with Crippen LogP contribution in [0.25, 0.3) is 10.8 Å². The third-order valence-electron chi connectivity index (χ3n) is 5.87. The number of benzene rings is 2. The summed E-state index contributed by atoms with van der Waals surface area (Å²) in [5.74, 6) is -0.395. The van der Waals surface area contributed by atoms with E-state index in [1.54, 1.807) is 11.1 Å². The number of hydrazine groups is 1. The Kier molecular flexibility index (Phi) is 8.23. The van der Waals surface area contributed by atoms with Crippen LogP contribution in [0.5, 0.6) is 0 Å². The van der Waals surface area contributed by atoms with Crippen molar-refractivity contribution >= 4 is 40.1 Å². The first kappa shape index (κ1) is 26.3. The van der Waals surface area contributed by atoms with Gasteiger partial charge in [-0.1, -0.05) is 54.6 Å². The largest absolute Gasteiger partial charge is 0.444 e. The number of carbonyl (C=O) groups is 2. The number of nitrogens with zero attached hydrogens (tertiary/aromatic N) is 2. The van der Waals surface area contributed by atoms with E-state index in [-0.39, 0.29) is 23.3 Å². The van der Waals surface area contributed by atoms with Gasteiger partial charge in [0.05, 0.1) is 6.04 Å². The lowest BCUT2D eigenvalue weighted by Crippen LogP contribution is -2.54. The molecular formula is C28H33N5O3S. The number of rotatable bonds is 7. The Morgan fingerprint density at radius 2 is 1.76 bits per heavy atom. The van der Waals surface area contributed by atoms with Crippen molar-refractivity contribution < 1.29 is 14.3 Å².